The van der Waals surface area contributed by atoms with E-state index < -0.39 is 0 Å². The second-order valence-electron chi connectivity index (χ2n) is 3.68. The average Bonchev–Trinajstić information content (AvgIpc) is 2.71. The normalized spacial score (nSPS) is 16.1. The van der Waals surface area contributed by atoms with E-state index >= 15 is 0 Å². The third-order valence-corrected chi connectivity index (χ3v) is 2.64. The van der Waals surface area contributed by atoms with E-state index in [0.717, 1.165) is 11.4 Å². The van der Waals surface area contributed by atoms with Gasteiger partial charge in [-0.2, -0.15) is 0 Å². The maximum absolute atomic E-state index is 5.85. The number of nitrogens with two attached hydrogens (primary N) is 1. The minimum atomic E-state index is 0. The summed E-state index contributed by atoms with van der Waals surface area (Å²) in [7, 11) is 0. The van der Waals surface area contributed by atoms with Gasteiger partial charge in [-0.3, -0.25) is 4.98 Å². The lowest BCUT2D eigenvalue weighted by atomic mass is 10.3. The Hall–Kier alpha value is -0.800. The summed E-state index contributed by atoms with van der Waals surface area (Å²) in [5.41, 5.74) is 6.44. The fourth-order valence-electron chi connectivity index (χ4n) is 1.87. The Balaban J connectivity index is 0.00000112. The number of pyridine rings is 1. The van der Waals surface area contributed by atoms with Crippen molar-refractivity contribution in [3.63, 3.8) is 0 Å². The van der Waals surface area contributed by atoms with Crippen LogP contribution in [-0.4, -0.2) is 11.1 Å². The lowest BCUT2D eigenvalue weighted by molar-refractivity contribution is 0.207. The smallest absolute Gasteiger partial charge is 0.142 e. The standard InChI is InChI=1S/C11H16N2O.ClH/c12-8-10-11(6-3-7-13-10)14-9-4-1-2-5-9;/h3,6-7,9H,1-2,4-5,8,12H2;1H. The number of ether oxygens (including phenoxy) is 1. The predicted octanol–water partition coefficient (Wildman–Crippen LogP) is 2.28. The van der Waals surface area contributed by atoms with Gasteiger partial charge in [0.05, 0.1) is 11.8 Å². The molecule has 1 aromatic rings. The highest BCUT2D eigenvalue weighted by Gasteiger charge is 2.17. The van der Waals surface area contributed by atoms with E-state index in [-0.39, 0.29) is 12.4 Å². The van der Waals surface area contributed by atoms with Crippen molar-refractivity contribution in [2.75, 3.05) is 0 Å². The Morgan fingerprint density at radius 3 is 2.80 bits per heavy atom. The van der Waals surface area contributed by atoms with Crippen molar-refractivity contribution in [1.82, 2.24) is 4.98 Å². The minimum absolute atomic E-state index is 0. The molecule has 0 saturated heterocycles. The van der Waals surface area contributed by atoms with Gasteiger partial charge in [-0.05, 0) is 37.8 Å². The van der Waals surface area contributed by atoms with E-state index in [4.69, 9.17) is 10.5 Å². The molecular formula is C11H17ClN2O. The first kappa shape index (κ1) is 12.3. The van der Waals surface area contributed by atoms with Crippen LogP contribution in [0.5, 0.6) is 5.75 Å². The molecule has 1 aliphatic rings. The molecule has 4 heteroatoms. The van der Waals surface area contributed by atoms with Crippen molar-refractivity contribution in [2.24, 2.45) is 5.73 Å². The molecule has 3 nitrogen and oxygen atoms in total. The van der Waals surface area contributed by atoms with Gasteiger partial charge in [0, 0.05) is 12.7 Å². The molecular weight excluding hydrogens is 212 g/mol. The molecule has 0 atom stereocenters. The van der Waals surface area contributed by atoms with Crippen LogP contribution < -0.4 is 10.5 Å². The zero-order chi connectivity index (χ0) is 9.80. The number of nitrogens with zero attached hydrogens (tertiary/aromatic N) is 1. The first-order valence-corrected chi connectivity index (χ1v) is 5.21. The van der Waals surface area contributed by atoms with E-state index in [2.05, 4.69) is 4.98 Å². The maximum atomic E-state index is 5.85. The average molecular weight is 229 g/mol. The molecule has 1 fully saturated rings. The molecule has 84 valence electrons. The van der Waals surface area contributed by atoms with Gasteiger partial charge < -0.3 is 10.5 Å². The second-order valence-corrected chi connectivity index (χ2v) is 3.68. The van der Waals surface area contributed by atoms with Crippen LogP contribution >= 0.6 is 12.4 Å². The number of halogens is 1. The van der Waals surface area contributed by atoms with Crippen LogP contribution in [0.15, 0.2) is 18.3 Å². The molecule has 2 rings (SSSR count). The van der Waals surface area contributed by atoms with Crippen molar-refractivity contribution in [1.29, 1.82) is 0 Å². The van der Waals surface area contributed by atoms with Crippen molar-refractivity contribution in [3.8, 4) is 5.75 Å². The van der Waals surface area contributed by atoms with Crippen LogP contribution in [0.2, 0.25) is 0 Å². The topological polar surface area (TPSA) is 48.1 Å². The van der Waals surface area contributed by atoms with Gasteiger partial charge >= 0.3 is 0 Å². The van der Waals surface area contributed by atoms with Crippen LogP contribution in [0.3, 0.4) is 0 Å². The van der Waals surface area contributed by atoms with E-state index in [0.29, 0.717) is 12.6 Å². The Morgan fingerprint density at radius 1 is 1.40 bits per heavy atom. The quantitative estimate of drug-likeness (QED) is 0.864. The molecule has 0 bridgehead atoms. The maximum Gasteiger partial charge on any atom is 0.142 e. The van der Waals surface area contributed by atoms with E-state index in [1.54, 1.807) is 6.20 Å². The molecule has 0 amide bonds. The van der Waals surface area contributed by atoms with Gasteiger partial charge in [-0.15, -0.1) is 12.4 Å². The summed E-state index contributed by atoms with van der Waals surface area (Å²) in [5, 5.41) is 0. The van der Waals surface area contributed by atoms with Gasteiger partial charge in [-0.25, -0.2) is 0 Å². The van der Waals surface area contributed by atoms with Crippen LogP contribution in [0, 0.1) is 0 Å². The fourth-order valence-corrected chi connectivity index (χ4v) is 1.87. The monoisotopic (exact) mass is 228 g/mol. The first-order valence-electron chi connectivity index (χ1n) is 5.21. The Bertz CT molecular complexity index is 300. The molecule has 15 heavy (non-hydrogen) atoms. The summed E-state index contributed by atoms with van der Waals surface area (Å²) < 4.78 is 5.85. The summed E-state index contributed by atoms with van der Waals surface area (Å²) >= 11 is 0. The van der Waals surface area contributed by atoms with E-state index in [1.807, 2.05) is 12.1 Å². The van der Waals surface area contributed by atoms with E-state index in [9.17, 15) is 0 Å². The molecule has 1 saturated carbocycles. The summed E-state index contributed by atoms with van der Waals surface area (Å²) in [4.78, 5) is 4.19. The molecule has 2 N–H and O–H groups in total. The van der Waals surface area contributed by atoms with Gasteiger partial charge in [0.25, 0.3) is 0 Å². The summed E-state index contributed by atoms with van der Waals surface area (Å²) in [6.45, 7) is 0.447. The fraction of sp³-hybridized carbons (Fsp3) is 0.545. The zero-order valence-corrected chi connectivity index (χ0v) is 9.50. The van der Waals surface area contributed by atoms with E-state index in [1.165, 1.54) is 25.7 Å². The molecule has 0 unspecified atom stereocenters. The van der Waals surface area contributed by atoms with Crippen molar-refractivity contribution < 1.29 is 4.74 Å². The lowest BCUT2D eigenvalue weighted by Crippen LogP contribution is -2.13. The second kappa shape index (κ2) is 5.93. The first-order chi connectivity index (χ1) is 6.90. The Labute approximate surface area is 96.4 Å². The molecule has 0 aromatic carbocycles. The largest absolute Gasteiger partial charge is 0.488 e. The number of rotatable bonds is 3. The molecule has 1 aromatic heterocycles. The zero-order valence-electron chi connectivity index (χ0n) is 8.69. The van der Waals surface area contributed by atoms with Gasteiger partial charge in [0.2, 0.25) is 0 Å². The number of aromatic nitrogens is 1. The molecule has 1 aliphatic carbocycles. The van der Waals surface area contributed by atoms with Crippen molar-refractivity contribution in [2.45, 2.75) is 38.3 Å². The lowest BCUT2D eigenvalue weighted by Gasteiger charge is -2.14. The molecule has 0 aliphatic heterocycles. The minimum Gasteiger partial charge on any atom is -0.488 e. The molecule has 1 heterocycles. The molecule has 0 radical (unpaired) electrons. The highest BCUT2D eigenvalue weighted by atomic mass is 35.5. The van der Waals surface area contributed by atoms with Crippen molar-refractivity contribution in [3.05, 3.63) is 24.0 Å². The summed E-state index contributed by atoms with van der Waals surface area (Å²) in [6.07, 6.45) is 7.03. The predicted molar refractivity (Wildman–Crippen MR) is 62.3 cm³/mol. The third-order valence-electron chi connectivity index (χ3n) is 2.64. The number of hydrogen-bond donors (Lipinski definition) is 1. The SMILES string of the molecule is Cl.NCc1ncccc1OC1CCCC1. The summed E-state index contributed by atoms with van der Waals surface area (Å²) in [5.74, 6) is 0.863. The van der Waals surface area contributed by atoms with Crippen LogP contribution in [-0.2, 0) is 6.54 Å². The van der Waals surface area contributed by atoms with Crippen LogP contribution in [0.1, 0.15) is 31.4 Å². The van der Waals surface area contributed by atoms with Gasteiger partial charge in [0.1, 0.15) is 5.75 Å². The molecule has 0 spiro atoms. The number of hydrogen-bond acceptors (Lipinski definition) is 3. The Kier molecular flexibility index (Phi) is 4.85. The van der Waals surface area contributed by atoms with Gasteiger partial charge in [0.15, 0.2) is 0 Å². The van der Waals surface area contributed by atoms with Crippen molar-refractivity contribution >= 4 is 12.4 Å². The van der Waals surface area contributed by atoms with Crippen LogP contribution in [0.4, 0.5) is 0 Å². The highest BCUT2D eigenvalue weighted by Crippen LogP contribution is 2.25. The Morgan fingerprint density at radius 2 is 2.13 bits per heavy atom. The van der Waals surface area contributed by atoms with Crippen LogP contribution in [0.25, 0.3) is 0 Å². The highest BCUT2D eigenvalue weighted by molar-refractivity contribution is 5.85. The third kappa shape index (κ3) is 3.08. The van der Waals surface area contributed by atoms with Gasteiger partial charge in [-0.1, -0.05) is 0 Å². The summed E-state index contributed by atoms with van der Waals surface area (Å²) in [6, 6.07) is 3.84.